The summed E-state index contributed by atoms with van der Waals surface area (Å²) >= 11 is 1.71. The van der Waals surface area contributed by atoms with E-state index in [1.165, 1.54) is 4.88 Å². The number of carbonyl (C=O) groups excluding carboxylic acids is 2. The number of anilines is 1. The van der Waals surface area contributed by atoms with Crippen molar-refractivity contribution >= 4 is 28.8 Å². The standard InChI is InChI=1S/C24H25N3O2S/c28-23(17-27(19-12-13-19)16-20-9-6-14-30-20)26-22-11-5-4-10-21(22)24(29)25-15-18-7-2-1-3-8-18/h1-11,14,19H,12-13,15-17H2,(H,25,29)(H,26,28). The maximum Gasteiger partial charge on any atom is 0.253 e. The molecule has 2 aromatic carbocycles. The van der Waals surface area contributed by atoms with Crippen molar-refractivity contribution in [3.63, 3.8) is 0 Å². The van der Waals surface area contributed by atoms with Gasteiger partial charge in [0, 0.05) is 24.0 Å². The van der Waals surface area contributed by atoms with Gasteiger partial charge >= 0.3 is 0 Å². The van der Waals surface area contributed by atoms with Crippen LogP contribution in [0, 0.1) is 0 Å². The Labute approximate surface area is 180 Å². The maximum absolute atomic E-state index is 12.8. The highest BCUT2D eigenvalue weighted by Gasteiger charge is 2.30. The molecule has 3 aromatic rings. The smallest absolute Gasteiger partial charge is 0.253 e. The lowest BCUT2D eigenvalue weighted by molar-refractivity contribution is -0.117. The molecule has 154 valence electrons. The van der Waals surface area contributed by atoms with Gasteiger partial charge in [0.1, 0.15) is 0 Å². The van der Waals surface area contributed by atoms with E-state index in [0.717, 1.165) is 24.9 Å². The van der Waals surface area contributed by atoms with Crippen molar-refractivity contribution in [3.05, 3.63) is 88.1 Å². The summed E-state index contributed by atoms with van der Waals surface area (Å²) in [6.07, 6.45) is 2.27. The number of nitrogens with zero attached hydrogens (tertiary/aromatic N) is 1. The minimum atomic E-state index is -0.201. The lowest BCUT2D eigenvalue weighted by Gasteiger charge is -2.21. The fraction of sp³-hybridized carbons (Fsp3) is 0.250. The number of carbonyl (C=O) groups is 2. The maximum atomic E-state index is 12.8. The van der Waals surface area contributed by atoms with Crippen LogP contribution in [0.5, 0.6) is 0 Å². The average Bonchev–Trinajstić information content (AvgIpc) is 3.49. The normalized spacial score (nSPS) is 13.2. The Balaban J connectivity index is 1.38. The van der Waals surface area contributed by atoms with Gasteiger partial charge in [-0.05, 0) is 42.0 Å². The van der Waals surface area contributed by atoms with Crippen LogP contribution in [0.4, 0.5) is 5.69 Å². The van der Waals surface area contributed by atoms with E-state index in [2.05, 4.69) is 27.0 Å². The number of benzene rings is 2. The molecule has 0 bridgehead atoms. The number of amides is 2. The largest absolute Gasteiger partial charge is 0.348 e. The summed E-state index contributed by atoms with van der Waals surface area (Å²) < 4.78 is 0. The molecule has 0 atom stereocenters. The van der Waals surface area contributed by atoms with Crippen LogP contribution in [0.15, 0.2) is 72.1 Å². The van der Waals surface area contributed by atoms with Gasteiger partial charge in [-0.25, -0.2) is 0 Å². The highest BCUT2D eigenvalue weighted by atomic mass is 32.1. The Kier molecular flexibility index (Phi) is 6.57. The quantitative estimate of drug-likeness (QED) is 0.544. The minimum absolute atomic E-state index is 0.0956. The third-order valence-corrected chi connectivity index (χ3v) is 5.95. The number of hydrogen-bond acceptors (Lipinski definition) is 4. The third-order valence-electron chi connectivity index (χ3n) is 5.09. The van der Waals surface area contributed by atoms with Crippen molar-refractivity contribution < 1.29 is 9.59 Å². The molecule has 6 heteroatoms. The van der Waals surface area contributed by atoms with Crippen LogP contribution in [0.3, 0.4) is 0 Å². The average molecular weight is 420 g/mol. The molecule has 1 aliphatic carbocycles. The lowest BCUT2D eigenvalue weighted by Crippen LogP contribution is -2.35. The summed E-state index contributed by atoms with van der Waals surface area (Å²) in [5, 5.41) is 7.93. The predicted octanol–water partition coefficient (Wildman–Crippen LogP) is 4.28. The molecular formula is C24H25N3O2S. The Hall–Kier alpha value is -2.96. The van der Waals surface area contributed by atoms with Gasteiger partial charge in [0.2, 0.25) is 5.91 Å². The molecule has 1 aromatic heterocycles. The Morgan fingerprint density at radius 3 is 2.47 bits per heavy atom. The molecule has 1 saturated carbocycles. The molecule has 0 unspecified atom stereocenters. The van der Waals surface area contributed by atoms with Gasteiger partial charge in [0.05, 0.1) is 17.8 Å². The van der Waals surface area contributed by atoms with Gasteiger partial charge < -0.3 is 10.6 Å². The summed E-state index contributed by atoms with van der Waals surface area (Å²) in [5.41, 5.74) is 2.04. The lowest BCUT2D eigenvalue weighted by atomic mass is 10.1. The van der Waals surface area contributed by atoms with E-state index in [1.807, 2.05) is 42.5 Å². The summed E-state index contributed by atoms with van der Waals surface area (Å²) in [6, 6.07) is 21.5. The molecule has 0 spiro atoms. The van der Waals surface area contributed by atoms with Crippen LogP contribution in [0.1, 0.15) is 33.6 Å². The zero-order valence-electron chi connectivity index (χ0n) is 16.7. The molecule has 2 amide bonds. The third kappa shape index (κ3) is 5.55. The van der Waals surface area contributed by atoms with Crippen LogP contribution >= 0.6 is 11.3 Å². The first-order valence-electron chi connectivity index (χ1n) is 10.2. The Bertz CT molecular complexity index is 985. The molecule has 1 aliphatic rings. The van der Waals surface area contributed by atoms with Crippen LogP contribution in [-0.2, 0) is 17.9 Å². The highest BCUT2D eigenvalue weighted by molar-refractivity contribution is 7.09. The van der Waals surface area contributed by atoms with Crippen LogP contribution in [-0.4, -0.2) is 29.3 Å². The van der Waals surface area contributed by atoms with E-state index in [0.29, 0.717) is 30.4 Å². The van der Waals surface area contributed by atoms with Crippen molar-refractivity contribution in [1.29, 1.82) is 0 Å². The van der Waals surface area contributed by atoms with Crippen molar-refractivity contribution in [1.82, 2.24) is 10.2 Å². The second-order valence-corrected chi connectivity index (χ2v) is 8.51. The molecular weight excluding hydrogens is 394 g/mol. The Morgan fingerprint density at radius 1 is 0.967 bits per heavy atom. The van der Waals surface area contributed by atoms with Crippen LogP contribution in [0.25, 0.3) is 0 Å². The fourth-order valence-corrected chi connectivity index (χ4v) is 4.12. The molecule has 4 rings (SSSR count). The van der Waals surface area contributed by atoms with Crippen molar-refractivity contribution in [2.45, 2.75) is 32.0 Å². The second kappa shape index (κ2) is 9.69. The summed E-state index contributed by atoms with van der Waals surface area (Å²) in [5.74, 6) is -0.297. The van der Waals surface area contributed by atoms with Gasteiger partial charge in [0.25, 0.3) is 5.91 Å². The van der Waals surface area contributed by atoms with E-state index >= 15 is 0 Å². The first-order valence-corrected chi connectivity index (χ1v) is 11.0. The van der Waals surface area contributed by atoms with Crippen molar-refractivity contribution in [2.24, 2.45) is 0 Å². The van der Waals surface area contributed by atoms with E-state index in [9.17, 15) is 9.59 Å². The Morgan fingerprint density at radius 2 is 1.73 bits per heavy atom. The monoisotopic (exact) mass is 419 g/mol. The zero-order chi connectivity index (χ0) is 20.8. The SMILES string of the molecule is O=C(CN(Cc1cccs1)C1CC1)Nc1ccccc1C(=O)NCc1ccccc1. The van der Waals surface area contributed by atoms with E-state index < -0.39 is 0 Å². The van der Waals surface area contributed by atoms with Gasteiger partial charge in [-0.2, -0.15) is 0 Å². The number of hydrogen-bond donors (Lipinski definition) is 2. The molecule has 0 radical (unpaired) electrons. The van der Waals surface area contributed by atoms with Crippen LogP contribution < -0.4 is 10.6 Å². The minimum Gasteiger partial charge on any atom is -0.348 e. The highest BCUT2D eigenvalue weighted by Crippen LogP contribution is 2.29. The molecule has 2 N–H and O–H groups in total. The predicted molar refractivity (Wildman–Crippen MR) is 120 cm³/mol. The first kappa shape index (κ1) is 20.3. The van der Waals surface area contributed by atoms with Gasteiger partial charge in [-0.1, -0.05) is 48.5 Å². The molecule has 1 heterocycles. The van der Waals surface area contributed by atoms with E-state index in [1.54, 1.807) is 29.5 Å². The molecule has 1 fully saturated rings. The van der Waals surface area contributed by atoms with Gasteiger partial charge in [0.15, 0.2) is 0 Å². The van der Waals surface area contributed by atoms with Crippen LogP contribution in [0.2, 0.25) is 0 Å². The fourth-order valence-electron chi connectivity index (χ4n) is 3.39. The topological polar surface area (TPSA) is 61.4 Å². The van der Waals surface area contributed by atoms with Gasteiger partial charge in [-0.15, -0.1) is 11.3 Å². The second-order valence-electron chi connectivity index (χ2n) is 7.48. The van der Waals surface area contributed by atoms with E-state index in [-0.39, 0.29) is 11.8 Å². The first-order chi connectivity index (χ1) is 14.7. The summed E-state index contributed by atoms with van der Waals surface area (Å²) in [7, 11) is 0. The molecule has 30 heavy (non-hydrogen) atoms. The van der Waals surface area contributed by atoms with E-state index in [4.69, 9.17) is 0 Å². The zero-order valence-corrected chi connectivity index (χ0v) is 17.5. The number of nitrogens with one attached hydrogen (secondary N) is 2. The number of para-hydroxylation sites is 1. The number of thiophene rings is 1. The molecule has 0 saturated heterocycles. The van der Waals surface area contributed by atoms with Crippen molar-refractivity contribution in [3.8, 4) is 0 Å². The summed E-state index contributed by atoms with van der Waals surface area (Å²) in [4.78, 5) is 28.9. The molecule has 5 nitrogen and oxygen atoms in total. The number of rotatable bonds is 9. The molecule has 0 aliphatic heterocycles. The van der Waals surface area contributed by atoms with Crippen molar-refractivity contribution in [2.75, 3.05) is 11.9 Å². The van der Waals surface area contributed by atoms with Gasteiger partial charge in [-0.3, -0.25) is 14.5 Å². The summed E-state index contributed by atoms with van der Waals surface area (Å²) in [6.45, 7) is 1.55.